The summed E-state index contributed by atoms with van der Waals surface area (Å²) in [4.78, 5) is 23.1. The van der Waals surface area contributed by atoms with E-state index in [9.17, 15) is 35.1 Å². The van der Waals surface area contributed by atoms with Crippen molar-refractivity contribution in [2.75, 3.05) is 13.7 Å². The Labute approximate surface area is 167 Å². The number of carbonyl (C=O) groups excluding carboxylic acids is 1. The van der Waals surface area contributed by atoms with Crippen molar-refractivity contribution in [3.05, 3.63) is 0 Å². The SMILES string of the molecule is COC1C(C(=O)O)OC(OC2C(O)C(CO)OC(C)(C)C2NC(C)=O)C(O)C1O. The second-order valence-electron chi connectivity index (χ2n) is 7.66. The minimum atomic E-state index is -1.71. The summed E-state index contributed by atoms with van der Waals surface area (Å²) < 4.78 is 21.5. The Morgan fingerprint density at radius 2 is 1.72 bits per heavy atom. The first-order chi connectivity index (χ1) is 13.4. The maximum atomic E-state index is 11.7. The lowest BCUT2D eigenvalue weighted by Crippen LogP contribution is -2.70. The zero-order valence-corrected chi connectivity index (χ0v) is 16.6. The number of aliphatic carboxylic acids is 1. The van der Waals surface area contributed by atoms with Crippen LogP contribution in [0.4, 0.5) is 0 Å². The normalized spacial score (nSPS) is 42.3. The van der Waals surface area contributed by atoms with E-state index in [2.05, 4.69) is 5.32 Å². The van der Waals surface area contributed by atoms with Crippen LogP contribution in [0.1, 0.15) is 20.8 Å². The lowest BCUT2D eigenvalue weighted by Gasteiger charge is -2.51. The predicted octanol–water partition coefficient (Wildman–Crippen LogP) is -3.05. The maximum Gasteiger partial charge on any atom is 0.335 e. The third-order valence-electron chi connectivity index (χ3n) is 5.14. The van der Waals surface area contributed by atoms with Gasteiger partial charge in [-0.25, -0.2) is 4.79 Å². The van der Waals surface area contributed by atoms with Gasteiger partial charge in [0, 0.05) is 14.0 Å². The fourth-order valence-electron chi connectivity index (χ4n) is 3.68. The van der Waals surface area contributed by atoms with Crippen molar-refractivity contribution < 1.29 is 54.1 Å². The highest BCUT2D eigenvalue weighted by Gasteiger charge is 2.54. The molecular formula is C17H29NO11. The number of ether oxygens (including phenoxy) is 4. The van der Waals surface area contributed by atoms with Crippen LogP contribution in [-0.4, -0.2) is 112 Å². The molecule has 0 spiro atoms. The van der Waals surface area contributed by atoms with E-state index < -0.39 is 79.1 Å². The van der Waals surface area contributed by atoms with Crippen molar-refractivity contribution in [2.24, 2.45) is 0 Å². The molecule has 0 aliphatic carbocycles. The number of carboxylic acids is 1. The Morgan fingerprint density at radius 1 is 1.10 bits per heavy atom. The van der Waals surface area contributed by atoms with E-state index in [-0.39, 0.29) is 0 Å². The third kappa shape index (κ3) is 4.86. The van der Waals surface area contributed by atoms with Crippen LogP contribution >= 0.6 is 0 Å². The predicted molar refractivity (Wildman–Crippen MR) is 93.6 cm³/mol. The van der Waals surface area contributed by atoms with Crippen molar-refractivity contribution in [1.82, 2.24) is 5.32 Å². The molecule has 2 heterocycles. The van der Waals surface area contributed by atoms with Crippen molar-refractivity contribution in [2.45, 2.75) is 81.4 Å². The van der Waals surface area contributed by atoms with Crippen LogP contribution in [-0.2, 0) is 28.5 Å². The van der Waals surface area contributed by atoms with E-state index in [1.165, 1.54) is 6.92 Å². The molecule has 2 saturated heterocycles. The standard InChI is InChI=1S/C17H29NO11/c1-6(20)18-14-12(8(21)7(5-19)29-17(14,2)3)27-16-10(23)9(22)11(26-4)13(28-16)15(24)25/h7-14,16,19,21-23H,5H2,1-4H3,(H,18,20)(H,24,25). The van der Waals surface area contributed by atoms with Gasteiger partial charge in [0.25, 0.3) is 0 Å². The van der Waals surface area contributed by atoms with Gasteiger partial charge < -0.3 is 49.8 Å². The molecule has 2 rings (SSSR count). The summed E-state index contributed by atoms with van der Waals surface area (Å²) in [6.07, 6.45) is -11.8. The van der Waals surface area contributed by atoms with Crippen molar-refractivity contribution >= 4 is 11.9 Å². The molecular weight excluding hydrogens is 394 g/mol. The van der Waals surface area contributed by atoms with E-state index in [1.54, 1.807) is 13.8 Å². The van der Waals surface area contributed by atoms with Gasteiger partial charge in [-0.3, -0.25) is 4.79 Å². The van der Waals surface area contributed by atoms with E-state index in [0.29, 0.717) is 0 Å². The molecule has 29 heavy (non-hydrogen) atoms. The van der Waals surface area contributed by atoms with Crippen LogP contribution in [0, 0.1) is 0 Å². The Bertz CT molecular complexity index is 600. The monoisotopic (exact) mass is 423 g/mol. The number of hydrogen-bond donors (Lipinski definition) is 6. The molecule has 2 fully saturated rings. The fourth-order valence-corrected chi connectivity index (χ4v) is 3.68. The van der Waals surface area contributed by atoms with Gasteiger partial charge in [-0.1, -0.05) is 0 Å². The summed E-state index contributed by atoms with van der Waals surface area (Å²) in [6, 6.07) is -0.950. The second-order valence-corrected chi connectivity index (χ2v) is 7.66. The molecule has 2 aliphatic rings. The minimum Gasteiger partial charge on any atom is -0.479 e. The van der Waals surface area contributed by atoms with Gasteiger partial charge in [0.2, 0.25) is 5.91 Å². The second kappa shape index (κ2) is 9.18. The van der Waals surface area contributed by atoms with Gasteiger partial charge in [-0.15, -0.1) is 0 Å². The molecule has 168 valence electrons. The zero-order chi connectivity index (χ0) is 22.1. The summed E-state index contributed by atoms with van der Waals surface area (Å²) in [6.45, 7) is 3.90. The first-order valence-corrected chi connectivity index (χ1v) is 9.11. The Morgan fingerprint density at radius 3 is 2.21 bits per heavy atom. The van der Waals surface area contributed by atoms with Crippen LogP contribution in [0.15, 0.2) is 0 Å². The maximum absolute atomic E-state index is 11.7. The topological polar surface area (TPSA) is 184 Å². The largest absolute Gasteiger partial charge is 0.479 e. The molecule has 0 radical (unpaired) electrons. The highest BCUT2D eigenvalue weighted by molar-refractivity contribution is 5.74. The number of carbonyl (C=O) groups is 2. The number of carboxylic acid groups (broad SMARTS) is 1. The lowest BCUT2D eigenvalue weighted by atomic mass is 9.84. The van der Waals surface area contributed by atoms with Crippen molar-refractivity contribution in [3.63, 3.8) is 0 Å². The summed E-state index contributed by atoms with van der Waals surface area (Å²) in [5, 5.41) is 52.6. The van der Waals surface area contributed by atoms with Crippen molar-refractivity contribution in [3.8, 4) is 0 Å². The Kier molecular flexibility index (Phi) is 7.57. The van der Waals surface area contributed by atoms with Crippen molar-refractivity contribution in [1.29, 1.82) is 0 Å². The highest BCUT2D eigenvalue weighted by Crippen LogP contribution is 2.34. The van der Waals surface area contributed by atoms with Gasteiger partial charge >= 0.3 is 5.97 Å². The molecule has 9 unspecified atom stereocenters. The van der Waals surface area contributed by atoms with E-state index in [1.807, 2.05) is 0 Å². The van der Waals surface area contributed by atoms with E-state index in [0.717, 1.165) is 7.11 Å². The number of hydrogen-bond acceptors (Lipinski definition) is 10. The van der Waals surface area contributed by atoms with Crippen LogP contribution in [0.25, 0.3) is 0 Å². The van der Waals surface area contributed by atoms with Crippen LogP contribution in [0.3, 0.4) is 0 Å². The molecule has 0 aromatic rings. The molecule has 6 N–H and O–H groups in total. The average molecular weight is 423 g/mol. The summed E-state index contributed by atoms with van der Waals surface area (Å²) in [5.74, 6) is -1.90. The van der Waals surface area contributed by atoms with E-state index >= 15 is 0 Å². The summed E-state index contributed by atoms with van der Waals surface area (Å²) in [7, 11) is 1.16. The number of methoxy groups -OCH3 is 1. The number of aliphatic hydroxyl groups is 4. The van der Waals surface area contributed by atoms with Gasteiger partial charge in [0.1, 0.15) is 36.6 Å². The summed E-state index contributed by atoms with van der Waals surface area (Å²) in [5.41, 5.74) is -1.11. The highest BCUT2D eigenvalue weighted by atomic mass is 16.7. The van der Waals surface area contributed by atoms with Crippen LogP contribution < -0.4 is 5.32 Å². The van der Waals surface area contributed by atoms with Gasteiger partial charge in [-0.05, 0) is 13.8 Å². The number of nitrogens with one attached hydrogen (secondary N) is 1. The van der Waals surface area contributed by atoms with Crippen LogP contribution in [0.2, 0.25) is 0 Å². The Balaban J connectivity index is 2.33. The van der Waals surface area contributed by atoms with Gasteiger partial charge in [0.15, 0.2) is 12.4 Å². The summed E-state index contributed by atoms with van der Waals surface area (Å²) >= 11 is 0. The van der Waals surface area contributed by atoms with Crippen LogP contribution in [0.5, 0.6) is 0 Å². The molecule has 0 saturated carbocycles. The minimum absolute atomic E-state index is 0.456. The van der Waals surface area contributed by atoms with E-state index in [4.69, 9.17) is 18.9 Å². The lowest BCUT2D eigenvalue weighted by molar-refractivity contribution is -0.333. The van der Waals surface area contributed by atoms with Gasteiger partial charge in [-0.2, -0.15) is 0 Å². The fraction of sp³-hybridized carbons (Fsp3) is 0.882. The number of aliphatic hydroxyl groups excluding tert-OH is 4. The smallest absolute Gasteiger partial charge is 0.335 e. The Hall–Kier alpha value is -1.38. The quantitative estimate of drug-likeness (QED) is 0.255. The molecule has 0 aromatic carbocycles. The molecule has 0 aromatic heterocycles. The zero-order valence-electron chi connectivity index (χ0n) is 16.6. The molecule has 9 atom stereocenters. The average Bonchev–Trinajstić information content (AvgIpc) is 2.63. The number of amides is 1. The molecule has 12 heteroatoms. The molecule has 2 aliphatic heterocycles. The first-order valence-electron chi connectivity index (χ1n) is 9.11. The molecule has 12 nitrogen and oxygen atoms in total. The first kappa shape index (κ1) is 23.9. The molecule has 0 bridgehead atoms. The van der Waals surface area contributed by atoms with Gasteiger partial charge in [0.05, 0.1) is 18.2 Å². The molecule has 1 amide bonds. The third-order valence-corrected chi connectivity index (χ3v) is 5.14. The number of rotatable bonds is 6.